The molecule has 0 aromatic heterocycles. The maximum absolute atomic E-state index is 13.2. The first-order valence-electron chi connectivity index (χ1n) is 15.0. The van der Waals surface area contributed by atoms with Gasteiger partial charge in [0.05, 0.1) is 21.2 Å². The third kappa shape index (κ3) is 7.71. The van der Waals surface area contributed by atoms with E-state index in [2.05, 4.69) is 20.1 Å². The molecule has 8 N–H and O–H groups in total. The molecule has 6 aromatic carbocycles. The van der Waals surface area contributed by atoms with Crippen molar-refractivity contribution in [2.45, 2.75) is 19.6 Å². The number of phenolic OH excluding ortho intramolecular Hbond substituents is 2. The summed E-state index contributed by atoms with van der Waals surface area (Å²) in [5.74, 6) is -1.03. The molecule has 280 valence electrons. The van der Waals surface area contributed by atoms with Gasteiger partial charge in [-0.1, -0.05) is 24.3 Å². The van der Waals surface area contributed by atoms with Gasteiger partial charge in [0.15, 0.2) is 0 Å². The summed E-state index contributed by atoms with van der Waals surface area (Å²) in [7, 11) is -18.1. The SMILES string of the molecule is O=C(Nc1ccc(S(=O)(=O)Nc2c(O)ccc3c(S(=O)(=O)O)cccc23)cc1)Nc1ccc(S(=O)(=O)Nc2c(O)ccc3c(S(=O)(=O)O)cccc23)cc1. The minimum atomic E-state index is -4.67. The smallest absolute Gasteiger partial charge is 0.323 e. The van der Waals surface area contributed by atoms with E-state index in [9.17, 15) is 57.8 Å². The molecule has 0 radical (unpaired) electrons. The quantitative estimate of drug-likeness (QED) is 0.0657. The molecule has 0 aliphatic heterocycles. The molecule has 6 rings (SSSR count). The highest BCUT2D eigenvalue weighted by Gasteiger charge is 2.23. The Bertz CT molecular complexity index is 2740. The lowest BCUT2D eigenvalue weighted by Gasteiger charge is -2.14. The zero-order valence-electron chi connectivity index (χ0n) is 27.0. The molecule has 6 aromatic rings. The highest BCUT2D eigenvalue weighted by atomic mass is 32.2. The molecule has 0 atom stereocenters. The number of fused-ring (bicyclic) bond motifs is 2. The van der Waals surface area contributed by atoms with Gasteiger partial charge in [0.1, 0.15) is 21.3 Å². The fourth-order valence-corrected chi connectivity index (χ4v) is 9.02. The summed E-state index contributed by atoms with van der Waals surface area (Å²) in [4.78, 5) is 11.1. The zero-order chi connectivity index (χ0) is 39.2. The number of hydrogen-bond donors (Lipinski definition) is 8. The Labute approximate surface area is 307 Å². The predicted molar refractivity (Wildman–Crippen MR) is 198 cm³/mol. The number of nitrogens with one attached hydrogen (secondary N) is 4. The molecule has 0 heterocycles. The van der Waals surface area contributed by atoms with Crippen LogP contribution in [0, 0.1) is 0 Å². The van der Waals surface area contributed by atoms with Crippen molar-refractivity contribution >= 4 is 90.6 Å². The second-order valence-corrected chi connectivity index (χ2v) is 17.6. The van der Waals surface area contributed by atoms with E-state index in [-0.39, 0.29) is 54.1 Å². The van der Waals surface area contributed by atoms with Crippen LogP contribution < -0.4 is 20.1 Å². The Morgan fingerprint density at radius 2 is 0.796 bits per heavy atom. The van der Waals surface area contributed by atoms with Crippen molar-refractivity contribution in [3.63, 3.8) is 0 Å². The number of rotatable bonds is 10. The monoisotopic (exact) mass is 814 g/mol. The predicted octanol–water partition coefficient (Wildman–Crippen LogP) is 5.14. The number of sulfonamides is 2. The second-order valence-electron chi connectivity index (χ2n) is 11.4. The topological polar surface area (TPSA) is 283 Å². The normalized spacial score (nSPS) is 12.3. The van der Waals surface area contributed by atoms with Crippen LogP contribution in [0.15, 0.2) is 129 Å². The summed E-state index contributed by atoms with van der Waals surface area (Å²) in [5, 5.41) is 25.7. The molecule has 0 aliphatic carbocycles. The first-order chi connectivity index (χ1) is 25.2. The molecule has 0 saturated heterocycles. The summed E-state index contributed by atoms with van der Waals surface area (Å²) in [6.07, 6.45) is 0. The Morgan fingerprint density at radius 1 is 0.444 bits per heavy atom. The first kappa shape index (κ1) is 37.8. The number of aromatic hydroxyl groups is 2. The Kier molecular flexibility index (Phi) is 9.64. The lowest BCUT2D eigenvalue weighted by atomic mass is 10.1. The summed E-state index contributed by atoms with van der Waals surface area (Å²) < 4.78 is 124. The van der Waals surface area contributed by atoms with Crippen molar-refractivity contribution in [3.8, 4) is 11.5 Å². The zero-order valence-corrected chi connectivity index (χ0v) is 30.3. The van der Waals surface area contributed by atoms with Crippen LogP contribution in [-0.4, -0.2) is 59.0 Å². The van der Waals surface area contributed by atoms with E-state index < -0.39 is 67.6 Å². The fourth-order valence-electron chi connectivity index (χ4n) is 5.41. The number of urea groups is 1. The number of carbonyl (C=O) groups is 1. The average Bonchev–Trinajstić information content (AvgIpc) is 3.10. The second kappa shape index (κ2) is 13.8. The van der Waals surface area contributed by atoms with E-state index in [1.807, 2.05) is 0 Å². The largest absolute Gasteiger partial charge is 0.506 e. The molecule has 0 saturated carbocycles. The molecule has 0 fully saturated rings. The van der Waals surface area contributed by atoms with Crippen molar-refractivity contribution in [2.24, 2.45) is 0 Å². The van der Waals surface area contributed by atoms with Gasteiger partial charge in [-0.15, -0.1) is 0 Å². The maximum atomic E-state index is 13.2. The number of anilines is 4. The van der Waals surface area contributed by atoms with Gasteiger partial charge >= 0.3 is 6.03 Å². The van der Waals surface area contributed by atoms with Crippen LogP contribution in [0.2, 0.25) is 0 Å². The van der Waals surface area contributed by atoms with Crippen LogP contribution in [0.5, 0.6) is 11.5 Å². The lowest BCUT2D eigenvalue weighted by molar-refractivity contribution is 0.262. The standard InChI is InChI=1S/C33H26N4O13S4/c38-27-17-15-23-25(3-1-5-29(23)53(45,46)47)31(27)36-51(41,42)21-11-7-19(8-12-21)34-33(40)35-20-9-13-22(14-10-20)52(43,44)37-32-26-4-2-6-30(54(48,49)50)24(26)16-18-28(32)39/h1-18,36-39H,(H2,34,35,40)(H,45,46,47)(H,48,49,50). The van der Waals surface area contributed by atoms with Gasteiger partial charge < -0.3 is 20.8 Å². The molecule has 0 bridgehead atoms. The van der Waals surface area contributed by atoms with Crippen LogP contribution in [0.3, 0.4) is 0 Å². The molecule has 17 nitrogen and oxygen atoms in total. The third-order valence-electron chi connectivity index (χ3n) is 7.87. The molecular weight excluding hydrogens is 789 g/mol. The number of phenols is 2. The van der Waals surface area contributed by atoms with Crippen LogP contribution in [0.25, 0.3) is 21.5 Å². The number of amides is 2. The van der Waals surface area contributed by atoms with Gasteiger partial charge in [-0.3, -0.25) is 18.5 Å². The van der Waals surface area contributed by atoms with Crippen LogP contribution >= 0.6 is 0 Å². The fraction of sp³-hybridized carbons (Fsp3) is 0. The molecular formula is C33H26N4O13S4. The van der Waals surface area contributed by atoms with Crippen molar-refractivity contribution < 1.29 is 57.8 Å². The average molecular weight is 815 g/mol. The van der Waals surface area contributed by atoms with Crippen molar-refractivity contribution in [1.82, 2.24) is 0 Å². The lowest BCUT2D eigenvalue weighted by Crippen LogP contribution is -2.20. The third-order valence-corrected chi connectivity index (χ3v) is 12.4. The highest BCUT2D eigenvalue weighted by Crippen LogP contribution is 2.38. The van der Waals surface area contributed by atoms with Crippen molar-refractivity contribution in [2.75, 3.05) is 20.1 Å². The van der Waals surface area contributed by atoms with Gasteiger partial charge in [0.2, 0.25) is 0 Å². The molecule has 0 unspecified atom stereocenters. The van der Waals surface area contributed by atoms with E-state index in [1.165, 1.54) is 60.7 Å². The van der Waals surface area contributed by atoms with Crippen molar-refractivity contribution in [3.05, 3.63) is 109 Å². The van der Waals surface area contributed by atoms with Gasteiger partial charge in [-0.05, 0) is 84.9 Å². The number of carbonyl (C=O) groups excluding carboxylic acids is 1. The maximum Gasteiger partial charge on any atom is 0.323 e. The minimum Gasteiger partial charge on any atom is -0.506 e. The van der Waals surface area contributed by atoms with E-state index in [0.717, 1.165) is 48.5 Å². The first-order valence-corrected chi connectivity index (χ1v) is 20.9. The minimum absolute atomic E-state index is 0.00784. The van der Waals surface area contributed by atoms with Crippen LogP contribution in [0.4, 0.5) is 27.5 Å². The summed E-state index contributed by atoms with van der Waals surface area (Å²) >= 11 is 0. The number of hydrogen-bond acceptors (Lipinski definition) is 11. The van der Waals surface area contributed by atoms with Crippen LogP contribution in [-0.2, 0) is 40.3 Å². The van der Waals surface area contributed by atoms with Gasteiger partial charge in [-0.2, -0.15) is 16.8 Å². The van der Waals surface area contributed by atoms with Gasteiger partial charge in [-0.25, -0.2) is 21.6 Å². The van der Waals surface area contributed by atoms with Crippen LogP contribution in [0.1, 0.15) is 0 Å². The summed E-state index contributed by atoms with van der Waals surface area (Å²) in [5.41, 5.74) is -0.384. The Balaban J connectivity index is 1.13. The molecule has 54 heavy (non-hydrogen) atoms. The summed E-state index contributed by atoms with van der Waals surface area (Å²) in [6, 6.07) is 20.8. The van der Waals surface area contributed by atoms with Gasteiger partial charge in [0.25, 0.3) is 40.3 Å². The summed E-state index contributed by atoms with van der Waals surface area (Å²) in [6.45, 7) is 0. The Morgan fingerprint density at radius 3 is 1.13 bits per heavy atom. The molecule has 2 amide bonds. The van der Waals surface area contributed by atoms with Crippen molar-refractivity contribution in [1.29, 1.82) is 0 Å². The van der Waals surface area contributed by atoms with E-state index in [0.29, 0.717) is 0 Å². The molecule has 21 heteroatoms. The highest BCUT2D eigenvalue weighted by molar-refractivity contribution is 7.93. The number of benzene rings is 6. The Hall–Kier alpha value is -5.97. The van der Waals surface area contributed by atoms with E-state index in [1.54, 1.807) is 0 Å². The van der Waals surface area contributed by atoms with E-state index in [4.69, 9.17) is 0 Å². The molecule has 0 spiro atoms. The molecule has 0 aliphatic rings. The van der Waals surface area contributed by atoms with Gasteiger partial charge in [0, 0.05) is 32.9 Å². The van der Waals surface area contributed by atoms with E-state index >= 15 is 0 Å².